The molecule has 8 nitrogen and oxygen atoms in total. The number of nitrogens with zero attached hydrogens (tertiary/aromatic N) is 3. The lowest BCUT2D eigenvalue weighted by Gasteiger charge is -2.34. The maximum atomic E-state index is 12.3. The quantitative estimate of drug-likeness (QED) is 0.754. The van der Waals surface area contributed by atoms with Crippen LogP contribution in [0.2, 0.25) is 0 Å². The highest BCUT2D eigenvalue weighted by atomic mass is 16.4. The maximum Gasteiger partial charge on any atom is 0.416 e. The minimum atomic E-state index is -1.14. The van der Waals surface area contributed by atoms with Crippen LogP contribution in [0.25, 0.3) is 0 Å². The lowest BCUT2D eigenvalue weighted by molar-refractivity contribution is -0.147. The summed E-state index contributed by atoms with van der Waals surface area (Å²) in [5.74, 6) is -0.248. The lowest BCUT2D eigenvalue weighted by Crippen LogP contribution is -2.61. The normalized spacial score (nSPS) is 25.5. The number of carbonyl (C=O) groups excluding carboxylic acids is 2. The zero-order valence-corrected chi connectivity index (χ0v) is 10.7. The number of rotatable bonds is 2. The molecule has 0 aromatic carbocycles. The van der Waals surface area contributed by atoms with Crippen molar-refractivity contribution in [3.05, 3.63) is 18.2 Å². The van der Waals surface area contributed by atoms with Crippen LogP contribution >= 0.6 is 0 Å². The molecule has 0 spiro atoms. The largest absolute Gasteiger partial charge is 0.464 e. The van der Waals surface area contributed by atoms with Gasteiger partial charge in [0.25, 0.3) is 0 Å². The van der Waals surface area contributed by atoms with Crippen molar-refractivity contribution < 1.29 is 19.5 Å². The molecule has 2 N–H and O–H groups in total. The lowest BCUT2D eigenvalue weighted by atomic mass is 10.0. The Labute approximate surface area is 114 Å². The molecule has 3 rings (SSSR count). The molecule has 2 fully saturated rings. The van der Waals surface area contributed by atoms with E-state index >= 15 is 0 Å². The van der Waals surface area contributed by atoms with Gasteiger partial charge in [-0.2, -0.15) is 0 Å². The highest BCUT2D eigenvalue weighted by Crippen LogP contribution is 2.22. The number of hydrogen-bond donors (Lipinski definition) is 2. The van der Waals surface area contributed by atoms with E-state index in [1.54, 1.807) is 4.90 Å². The van der Waals surface area contributed by atoms with E-state index in [0.29, 0.717) is 18.7 Å². The molecule has 2 atom stereocenters. The summed E-state index contributed by atoms with van der Waals surface area (Å²) < 4.78 is 0.920. The predicted octanol–water partition coefficient (Wildman–Crippen LogP) is -0.559. The summed E-state index contributed by atoms with van der Waals surface area (Å²) in [4.78, 5) is 40.5. The number of amides is 2. The number of nitrogens with one attached hydrogen (secondary N) is 1. The van der Waals surface area contributed by atoms with E-state index in [-0.39, 0.29) is 24.3 Å². The van der Waals surface area contributed by atoms with Crippen molar-refractivity contribution >= 4 is 17.9 Å². The van der Waals surface area contributed by atoms with Crippen LogP contribution in [-0.4, -0.2) is 56.1 Å². The van der Waals surface area contributed by atoms with Gasteiger partial charge in [0.15, 0.2) is 0 Å². The Balaban J connectivity index is 1.75. The fourth-order valence-electron chi connectivity index (χ4n) is 2.75. The zero-order valence-electron chi connectivity index (χ0n) is 10.7. The van der Waals surface area contributed by atoms with Crippen LogP contribution in [0.4, 0.5) is 4.79 Å². The second kappa shape index (κ2) is 4.62. The van der Waals surface area contributed by atoms with Gasteiger partial charge in [-0.05, 0) is 12.8 Å². The monoisotopic (exact) mass is 278 g/mol. The van der Waals surface area contributed by atoms with E-state index in [1.807, 2.05) is 0 Å². The van der Waals surface area contributed by atoms with E-state index in [1.165, 1.54) is 12.5 Å². The topological polar surface area (TPSA) is 105 Å². The van der Waals surface area contributed by atoms with E-state index < -0.39 is 12.1 Å². The second-order valence-electron chi connectivity index (χ2n) is 5.01. The van der Waals surface area contributed by atoms with Crippen molar-refractivity contribution in [3.63, 3.8) is 0 Å². The molecule has 1 aromatic rings. The number of aromatic nitrogens is 2. The number of carbonyl (C=O) groups is 3. The molecule has 1 aromatic heterocycles. The standard InChI is InChI=1S/C12H14N4O4/c17-10-9-2-1-3-16(9)11(18)8(14-10)4-7-5-15(6-13-7)12(19)20/h5-6,8-9H,1-4H2,(H,14,17)(H,19,20)/t8-,9-/m0/s1. The molecule has 0 radical (unpaired) electrons. The molecule has 0 unspecified atom stereocenters. The van der Waals surface area contributed by atoms with Crippen LogP contribution in [-0.2, 0) is 16.0 Å². The number of fused-ring (bicyclic) bond motifs is 1. The average Bonchev–Trinajstić information content (AvgIpc) is 3.04. The van der Waals surface area contributed by atoms with Crippen molar-refractivity contribution in [2.45, 2.75) is 31.3 Å². The third kappa shape index (κ3) is 2.02. The number of carboxylic acid groups (broad SMARTS) is 1. The summed E-state index contributed by atoms with van der Waals surface area (Å²) in [6, 6.07) is -0.996. The van der Waals surface area contributed by atoms with Crippen LogP contribution in [0, 0.1) is 0 Å². The molecule has 2 aliphatic rings. The van der Waals surface area contributed by atoms with Crippen LogP contribution in [0.15, 0.2) is 12.5 Å². The molecule has 0 saturated carbocycles. The van der Waals surface area contributed by atoms with Gasteiger partial charge in [0.1, 0.15) is 18.4 Å². The van der Waals surface area contributed by atoms with Crippen LogP contribution < -0.4 is 5.32 Å². The smallest absolute Gasteiger partial charge is 0.416 e. The van der Waals surface area contributed by atoms with Gasteiger partial charge in [-0.1, -0.05) is 0 Å². The molecule has 20 heavy (non-hydrogen) atoms. The van der Waals surface area contributed by atoms with Crippen molar-refractivity contribution in [2.24, 2.45) is 0 Å². The predicted molar refractivity (Wildman–Crippen MR) is 66.0 cm³/mol. The maximum absolute atomic E-state index is 12.3. The van der Waals surface area contributed by atoms with E-state index in [0.717, 1.165) is 11.0 Å². The van der Waals surface area contributed by atoms with Gasteiger partial charge in [0.05, 0.1) is 5.69 Å². The first kappa shape index (κ1) is 12.6. The van der Waals surface area contributed by atoms with Gasteiger partial charge in [0.2, 0.25) is 11.8 Å². The van der Waals surface area contributed by atoms with Crippen molar-refractivity contribution in [2.75, 3.05) is 6.54 Å². The first-order valence-electron chi connectivity index (χ1n) is 6.43. The first-order chi connectivity index (χ1) is 9.56. The Morgan fingerprint density at radius 3 is 3.00 bits per heavy atom. The minimum Gasteiger partial charge on any atom is -0.464 e. The van der Waals surface area contributed by atoms with Crippen LogP contribution in [0.3, 0.4) is 0 Å². The van der Waals surface area contributed by atoms with Gasteiger partial charge >= 0.3 is 6.09 Å². The molecule has 8 heteroatoms. The summed E-state index contributed by atoms with van der Waals surface area (Å²) >= 11 is 0. The zero-order chi connectivity index (χ0) is 14.3. The van der Waals surface area contributed by atoms with Gasteiger partial charge in [0, 0.05) is 19.2 Å². The number of imidazole rings is 1. The molecule has 2 amide bonds. The molecule has 0 bridgehead atoms. The molecular formula is C12H14N4O4. The molecule has 0 aliphatic carbocycles. The number of piperazine rings is 1. The van der Waals surface area contributed by atoms with Gasteiger partial charge in [-0.25, -0.2) is 14.3 Å². The van der Waals surface area contributed by atoms with Gasteiger partial charge < -0.3 is 15.3 Å². The fourth-order valence-corrected chi connectivity index (χ4v) is 2.75. The van der Waals surface area contributed by atoms with E-state index in [2.05, 4.69) is 10.3 Å². The summed E-state index contributed by atoms with van der Waals surface area (Å²) in [6.07, 6.45) is 3.13. The Morgan fingerprint density at radius 1 is 1.50 bits per heavy atom. The second-order valence-corrected chi connectivity index (χ2v) is 5.01. The van der Waals surface area contributed by atoms with E-state index in [9.17, 15) is 14.4 Å². The van der Waals surface area contributed by atoms with Crippen LogP contribution in [0.5, 0.6) is 0 Å². The fraction of sp³-hybridized carbons (Fsp3) is 0.500. The Hall–Kier alpha value is -2.38. The highest BCUT2D eigenvalue weighted by molar-refractivity contribution is 5.97. The van der Waals surface area contributed by atoms with Crippen molar-refractivity contribution in [1.82, 2.24) is 19.8 Å². The summed E-state index contributed by atoms with van der Waals surface area (Å²) in [5.41, 5.74) is 0.462. The Bertz CT molecular complexity index is 582. The Morgan fingerprint density at radius 2 is 2.30 bits per heavy atom. The molecule has 2 saturated heterocycles. The minimum absolute atomic E-state index is 0.114. The third-order valence-electron chi connectivity index (χ3n) is 3.72. The molecule has 2 aliphatic heterocycles. The molecule has 3 heterocycles. The third-order valence-corrected chi connectivity index (χ3v) is 3.72. The van der Waals surface area contributed by atoms with Crippen LogP contribution in [0.1, 0.15) is 18.5 Å². The van der Waals surface area contributed by atoms with Crippen molar-refractivity contribution in [1.29, 1.82) is 0 Å². The molecular weight excluding hydrogens is 264 g/mol. The summed E-state index contributed by atoms with van der Waals surface area (Å²) in [7, 11) is 0. The Kier molecular flexibility index (Phi) is 2.92. The summed E-state index contributed by atoms with van der Waals surface area (Å²) in [6.45, 7) is 0.608. The SMILES string of the molecule is O=C1N[C@@H](Cc2cn(C(=O)O)cn2)C(=O)N2CCC[C@@H]12. The number of hydrogen-bond acceptors (Lipinski definition) is 4. The summed E-state index contributed by atoms with van der Waals surface area (Å²) in [5, 5.41) is 11.5. The average molecular weight is 278 g/mol. The van der Waals surface area contributed by atoms with E-state index in [4.69, 9.17) is 5.11 Å². The highest BCUT2D eigenvalue weighted by Gasteiger charge is 2.42. The van der Waals surface area contributed by atoms with Crippen molar-refractivity contribution in [3.8, 4) is 0 Å². The molecule has 106 valence electrons. The van der Waals surface area contributed by atoms with Gasteiger partial charge in [-0.3, -0.25) is 9.59 Å². The first-order valence-corrected chi connectivity index (χ1v) is 6.43. The van der Waals surface area contributed by atoms with Gasteiger partial charge in [-0.15, -0.1) is 0 Å².